The Labute approximate surface area is 129 Å². The molecule has 1 aromatic carbocycles. The SMILES string of the molecule is Cc1[nH]nc2ccnc(NCCC3=CCc4ccccc43)c12. The minimum atomic E-state index is 0.872. The van der Waals surface area contributed by atoms with Crippen LogP contribution in [0.3, 0.4) is 0 Å². The van der Waals surface area contributed by atoms with Gasteiger partial charge in [-0.05, 0) is 42.5 Å². The fourth-order valence-electron chi connectivity index (χ4n) is 3.16. The minimum absolute atomic E-state index is 0.872. The van der Waals surface area contributed by atoms with Gasteiger partial charge in [0.25, 0.3) is 0 Å². The van der Waals surface area contributed by atoms with Crippen LogP contribution in [0.2, 0.25) is 0 Å². The first-order chi connectivity index (χ1) is 10.8. The third kappa shape index (κ3) is 2.17. The first-order valence-electron chi connectivity index (χ1n) is 7.64. The lowest BCUT2D eigenvalue weighted by molar-refractivity contribution is 1.06. The maximum Gasteiger partial charge on any atom is 0.137 e. The highest BCUT2D eigenvalue weighted by Gasteiger charge is 2.13. The molecule has 4 nitrogen and oxygen atoms in total. The lowest BCUT2D eigenvalue weighted by Crippen LogP contribution is -2.04. The molecular formula is C18H18N4. The quantitative estimate of drug-likeness (QED) is 0.770. The number of benzene rings is 1. The summed E-state index contributed by atoms with van der Waals surface area (Å²) in [5.74, 6) is 0.913. The van der Waals surface area contributed by atoms with Crippen LogP contribution in [0.5, 0.6) is 0 Å². The van der Waals surface area contributed by atoms with Crippen LogP contribution < -0.4 is 5.32 Å². The van der Waals surface area contributed by atoms with Crippen molar-refractivity contribution in [1.82, 2.24) is 15.2 Å². The molecule has 0 fully saturated rings. The molecular weight excluding hydrogens is 272 g/mol. The molecule has 1 aliphatic carbocycles. The van der Waals surface area contributed by atoms with Crippen molar-refractivity contribution in [3.8, 4) is 0 Å². The van der Waals surface area contributed by atoms with E-state index in [1.807, 2.05) is 13.0 Å². The molecule has 0 radical (unpaired) electrons. The van der Waals surface area contributed by atoms with E-state index in [9.17, 15) is 0 Å². The second-order valence-corrected chi connectivity index (χ2v) is 5.67. The molecule has 0 atom stereocenters. The number of nitrogens with zero attached hydrogens (tertiary/aromatic N) is 2. The smallest absolute Gasteiger partial charge is 0.137 e. The Balaban J connectivity index is 1.49. The highest BCUT2D eigenvalue weighted by atomic mass is 15.1. The van der Waals surface area contributed by atoms with Crippen LogP contribution in [-0.2, 0) is 6.42 Å². The Kier molecular flexibility index (Phi) is 3.15. The highest BCUT2D eigenvalue weighted by molar-refractivity contribution is 5.91. The summed E-state index contributed by atoms with van der Waals surface area (Å²) in [6, 6.07) is 10.6. The van der Waals surface area contributed by atoms with Crippen LogP contribution in [-0.4, -0.2) is 21.7 Å². The van der Waals surface area contributed by atoms with Gasteiger partial charge < -0.3 is 5.32 Å². The monoisotopic (exact) mass is 290 g/mol. The van der Waals surface area contributed by atoms with Gasteiger partial charge in [0, 0.05) is 18.4 Å². The van der Waals surface area contributed by atoms with E-state index in [4.69, 9.17) is 0 Å². The van der Waals surface area contributed by atoms with Crippen molar-refractivity contribution < 1.29 is 0 Å². The Morgan fingerprint density at radius 2 is 2.14 bits per heavy atom. The molecule has 4 rings (SSSR count). The number of nitrogens with one attached hydrogen (secondary N) is 2. The van der Waals surface area contributed by atoms with Crippen molar-refractivity contribution in [2.45, 2.75) is 19.8 Å². The molecule has 110 valence electrons. The zero-order valence-electron chi connectivity index (χ0n) is 12.6. The zero-order valence-corrected chi connectivity index (χ0v) is 12.6. The third-order valence-electron chi connectivity index (χ3n) is 4.27. The maximum absolute atomic E-state index is 4.46. The van der Waals surface area contributed by atoms with Crippen LogP contribution in [0.1, 0.15) is 23.2 Å². The van der Waals surface area contributed by atoms with Crippen LogP contribution in [0.25, 0.3) is 16.5 Å². The summed E-state index contributed by atoms with van der Waals surface area (Å²) < 4.78 is 0. The predicted molar refractivity (Wildman–Crippen MR) is 89.9 cm³/mol. The molecule has 1 aliphatic rings. The largest absolute Gasteiger partial charge is 0.369 e. The molecule has 2 aromatic heterocycles. The van der Waals surface area contributed by atoms with Gasteiger partial charge in [-0.15, -0.1) is 0 Å². The number of allylic oxidation sites excluding steroid dienone is 1. The van der Waals surface area contributed by atoms with Crippen molar-refractivity contribution in [3.05, 3.63) is 59.4 Å². The van der Waals surface area contributed by atoms with E-state index in [0.29, 0.717) is 0 Å². The fourth-order valence-corrected chi connectivity index (χ4v) is 3.16. The van der Waals surface area contributed by atoms with E-state index in [1.54, 1.807) is 6.20 Å². The topological polar surface area (TPSA) is 53.6 Å². The van der Waals surface area contributed by atoms with Crippen LogP contribution >= 0.6 is 0 Å². The molecule has 2 heterocycles. The number of H-pyrrole nitrogens is 1. The lowest BCUT2D eigenvalue weighted by atomic mass is 10.0. The summed E-state index contributed by atoms with van der Waals surface area (Å²) in [5, 5.41) is 11.8. The first-order valence-corrected chi connectivity index (χ1v) is 7.64. The molecule has 2 N–H and O–H groups in total. The molecule has 0 amide bonds. The summed E-state index contributed by atoms with van der Waals surface area (Å²) in [4.78, 5) is 4.46. The highest BCUT2D eigenvalue weighted by Crippen LogP contribution is 2.29. The van der Waals surface area contributed by atoms with Crippen molar-refractivity contribution in [2.75, 3.05) is 11.9 Å². The zero-order chi connectivity index (χ0) is 14.9. The second-order valence-electron chi connectivity index (χ2n) is 5.67. The molecule has 0 spiro atoms. The molecule has 3 aromatic rings. The maximum atomic E-state index is 4.46. The normalized spacial score (nSPS) is 13.2. The van der Waals surface area contributed by atoms with Crippen molar-refractivity contribution in [1.29, 1.82) is 0 Å². The third-order valence-corrected chi connectivity index (χ3v) is 4.27. The summed E-state index contributed by atoms with van der Waals surface area (Å²) in [7, 11) is 0. The lowest BCUT2D eigenvalue weighted by Gasteiger charge is -2.09. The van der Waals surface area contributed by atoms with E-state index < -0.39 is 0 Å². The van der Waals surface area contributed by atoms with E-state index in [-0.39, 0.29) is 0 Å². The Morgan fingerprint density at radius 3 is 3.09 bits per heavy atom. The van der Waals surface area contributed by atoms with E-state index in [1.165, 1.54) is 16.7 Å². The van der Waals surface area contributed by atoms with Crippen LogP contribution in [0.4, 0.5) is 5.82 Å². The number of aromatic nitrogens is 3. The summed E-state index contributed by atoms with van der Waals surface area (Å²) in [5.41, 5.74) is 6.27. The molecule has 4 heteroatoms. The van der Waals surface area contributed by atoms with Gasteiger partial charge in [0.15, 0.2) is 0 Å². The number of hydrogen-bond acceptors (Lipinski definition) is 3. The second kappa shape index (κ2) is 5.30. The van der Waals surface area contributed by atoms with Gasteiger partial charge in [-0.2, -0.15) is 5.10 Å². The molecule has 22 heavy (non-hydrogen) atoms. The van der Waals surface area contributed by atoms with Crippen molar-refractivity contribution >= 4 is 22.3 Å². The van der Waals surface area contributed by atoms with Crippen molar-refractivity contribution in [3.63, 3.8) is 0 Å². The molecule has 0 unspecified atom stereocenters. The number of pyridine rings is 1. The molecule has 0 saturated heterocycles. The van der Waals surface area contributed by atoms with E-state index >= 15 is 0 Å². The van der Waals surface area contributed by atoms with Gasteiger partial charge in [-0.1, -0.05) is 30.3 Å². The Morgan fingerprint density at radius 1 is 1.23 bits per heavy atom. The minimum Gasteiger partial charge on any atom is -0.369 e. The van der Waals surface area contributed by atoms with Gasteiger partial charge >= 0.3 is 0 Å². The molecule has 0 saturated carbocycles. The number of anilines is 1. The summed E-state index contributed by atoms with van der Waals surface area (Å²) >= 11 is 0. The Bertz CT molecular complexity index is 860. The van der Waals surface area contributed by atoms with Gasteiger partial charge in [0.05, 0.1) is 10.9 Å². The van der Waals surface area contributed by atoms with E-state index in [2.05, 4.69) is 50.8 Å². The average Bonchev–Trinajstić information content (AvgIpc) is 3.13. The first kappa shape index (κ1) is 13.1. The molecule has 0 aliphatic heterocycles. The predicted octanol–water partition coefficient (Wildman–Crippen LogP) is 3.71. The average molecular weight is 290 g/mol. The Hall–Kier alpha value is -2.62. The van der Waals surface area contributed by atoms with E-state index in [0.717, 1.165) is 41.8 Å². The summed E-state index contributed by atoms with van der Waals surface area (Å²) in [6.45, 7) is 2.90. The van der Waals surface area contributed by atoms with Crippen LogP contribution in [0.15, 0.2) is 42.6 Å². The van der Waals surface area contributed by atoms with Gasteiger partial charge in [0.1, 0.15) is 5.82 Å². The summed E-state index contributed by atoms with van der Waals surface area (Å²) in [6.07, 6.45) is 6.20. The van der Waals surface area contributed by atoms with Gasteiger partial charge in [-0.3, -0.25) is 5.10 Å². The number of hydrogen-bond donors (Lipinski definition) is 2. The van der Waals surface area contributed by atoms with Gasteiger partial charge in [0.2, 0.25) is 0 Å². The molecule has 0 bridgehead atoms. The number of aromatic amines is 1. The standard InChI is InChI=1S/C18H18N4/c1-12-17-16(22-21-12)9-11-20-18(17)19-10-8-14-7-6-13-4-2-3-5-15(13)14/h2-5,7,9,11H,6,8,10H2,1H3,(H,19,20)(H,21,22). The van der Waals surface area contributed by atoms with Crippen molar-refractivity contribution in [2.24, 2.45) is 0 Å². The number of fused-ring (bicyclic) bond motifs is 2. The number of aryl methyl sites for hydroxylation is 1. The fraction of sp³-hybridized carbons (Fsp3) is 0.222. The van der Waals surface area contributed by atoms with Gasteiger partial charge in [-0.25, -0.2) is 4.98 Å². The number of rotatable bonds is 4. The van der Waals surface area contributed by atoms with Crippen LogP contribution in [0, 0.1) is 6.92 Å².